The highest BCUT2D eigenvalue weighted by molar-refractivity contribution is 5.83. The highest BCUT2D eigenvalue weighted by atomic mass is 16.5. The van der Waals surface area contributed by atoms with Gasteiger partial charge in [-0.1, -0.05) is 0 Å². The van der Waals surface area contributed by atoms with Gasteiger partial charge in [0.2, 0.25) is 0 Å². The number of carboxylic acid groups (broad SMARTS) is 1. The van der Waals surface area contributed by atoms with Crippen molar-refractivity contribution in [3.63, 3.8) is 0 Å². The van der Waals surface area contributed by atoms with E-state index in [0.717, 1.165) is 12.8 Å². The van der Waals surface area contributed by atoms with Crippen molar-refractivity contribution in [1.29, 1.82) is 0 Å². The van der Waals surface area contributed by atoms with Crippen LogP contribution in [-0.4, -0.2) is 57.9 Å². The van der Waals surface area contributed by atoms with Crippen molar-refractivity contribution in [2.24, 2.45) is 5.92 Å². The van der Waals surface area contributed by atoms with Gasteiger partial charge in [0.15, 0.2) is 6.10 Å². The number of carboxylic acids is 1. The topological polar surface area (TPSA) is 87.1 Å². The second-order valence-corrected chi connectivity index (χ2v) is 5.60. The van der Waals surface area contributed by atoms with E-state index in [4.69, 9.17) is 9.84 Å². The number of carbonyl (C=O) groups is 2. The first-order valence-electron chi connectivity index (χ1n) is 6.39. The van der Waals surface area contributed by atoms with Crippen LogP contribution in [0.4, 0.5) is 0 Å². The lowest BCUT2D eigenvalue weighted by Gasteiger charge is -2.47. The summed E-state index contributed by atoms with van der Waals surface area (Å²) in [6.07, 6.45) is 1.41. The Morgan fingerprint density at radius 2 is 1.72 bits per heavy atom. The van der Waals surface area contributed by atoms with Crippen LogP contribution in [0.5, 0.6) is 0 Å². The second kappa shape index (κ2) is 3.93. The fourth-order valence-corrected chi connectivity index (χ4v) is 2.85. The first-order chi connectivity index (χ1) is 8.49. The van der Waals surface area contributed by atoms with E-state index in [9.17, 15) is 14.7 Å². The fraction of sp³-hybridized carbons (Fsp3) is 0.833. The van der Waals surface area contributed by atoms with Gasteiger partial charge in [0, 0.05) is 0 Å². The van der Waals surface area contributed by atoms with Crippen LogP contribution in [0.15, 0.2) is 0 Å². The van der Waals surface area contributed by atoms with Gasteiger partial charge in [0.1, 0.15) is 11.7 Å². The SMILES string of the molecule is O=C(O)[C@H]1CC[C@@H](C(=O)N2CC(O)(C3CC3)C2)O1. The van der Waals surface area contributed by atoms with E-state index in [1.807, 2.05) is 0 Å². The third kappa shape index (κ3) is 1.89. The van der Waals surface area contributed by atoms with Crippen LogP contribution in [0.3, 0.4) is 0 Å². The van der Waals surface area contributed by atoms with E-state index < -0.39 is 23.8 Å². The lowest BCUT2D eigenvalue weighted by molar-refractivity contribution is -0.172. The molecular formula is C12H17NO5. The predicted molar refractivity (Wildman–Crippen MR) is 59.8 cm³/mol. The van der Waals surface area contributed by atoms with E-state index in [2.05, 4.69) is 0 Å². The number of likely N-dealkylation sites (tertiary alicyclic amines) is 1. The minimum Gasteiger partial charge on any atom is -0.479 e. The zero-order valence-electron chi connectivity index (χ0n) is 10.0. The molecule has 1 amide bonds. The third-order valence-corrected chi connectivity index (χ3v) is 4.15. The molecule has 18 heavy (non-hydrogen) atoms. The summed E-state index contributed by atoms with van der Waals surface area (Å²) in [6, 6.07) is 0. The molecule has 2 heterocycles. The zero-order valence-corrected chi connectivity index (χ0v) is 10.0. The Labute approximate surface area is 105 Å². The smallest absolute Gasteiger partial charge is 0.332 e. The number of aliphatic carboxylic acids is 1. The zero-order chi connectivity index (χ0) is 12.9. The van der Waals surface area contributed by atoms with Crippen LogP contribution in [0.1, 0.15) is 25.7 Å². The first kappa shape index (κ1) is 11.9. The Bertz CT molecular complexity index is 386. The van der Waals surface area contributed by atoms with Gasteiger partial charge in [-0.15, -0.1) is 0 Å². The van der Waals surface area contributed by atoms with Gasteiger partial charge in [-0.05, 0) is 31.6 Å². The summed E-state index contributed by atoms with van der Waals surface area (Å²) < 4.78 is 5.21. The van der Waals surface area contributed by atoms with E-state index in [1.54, 1.807) is 4.90 Å². The molecule has 2 N–H and O–H groups in total. The van der Waals surface area contributed by atoms with E-state index in [0.29, 0.717) is 31.8 Å². The fourth-order valence-electron chi connectivity index (χ4n) is 2.85. The Kier molecular flexibility index (Phi) is 2.60. The largest absolute Gasteiger partial charge is 0.479 e. The summed E-state index contributed by atoms with van der Waals surface area (Å²) in [5.41, 5.74) is -0.694. The van der Waals surface area contributed by atoms with Crippen LogP contribution in [0.25, 0.3) is 0 Å². The summed E-state index contributed by atoms with van der Waals surface area (Å²) >= 11 is 0. The molecule has 3 fully saturated rings. The molecule has 1 aliphatic carbocycles. The van der Waals surface area contributed by atoms with E-state index in [1.165, 1.54) is 0 Å². The molecule has 0 spiro atoms. The van der Waals surface area contributed by atoms with Crippen LogP contribution in [-0.2, 0) is 14.3 Å². The molecule has 3 rings (SSSR count). The molecule has 100 valence electrons. The minimum absolute atomic E-state index is 0.177. The molecule has 0 bridgehead atoms. The van der Waals surface area contributed by atoms with Crippen LogP contribution in [0.2, 0.25) is 0 Å². The molecule has 2 saturated heterocycles. The highest BCUT2D eigenvalue weighted by Crippen LogP contribution is 2.44. The highest BCUT2D eigenvalue weighted by Gasteiger charge is 2.54. The van der Waals surface area contributed by atoms with E-state index in [-0.39, 0.29) is 5.91 Å². The standard InChI is InChI=1S/C12H17NO5/c14-10(8-3-4-9(18-8)11(15)16)13-5-12(17,6-13)7-1-2-7/h7-9,17H,1-6H2,(H,15,16)/t8-,9+/m0/s1. The molecule has 2 aliphatic heterocycles. The number of hydrogen-bond donors (Lipinski definition) is 2. The van der Waals surface area contributed by atoms with Crippen LogP contribution >= 0.6 is 0 Å². The molecule has 6 nitrogen and oxygen atoms in total. The van der Waals surface area contributed by atoms with Crippen molar-refractivity contribution < 1.29 is 24.5 Å². The Hall–Kier alpha value is -1.14. The van der Waals surface area contributed by atoms with Crippen molar-refractivity contribution >= 4 is 11.9 Å². The monoisotopic (exact) mass is 255 g/mol. The number of β-amino-alcohol motifs (C(OH)–C–C–N with tert-alkyl or cyclic N) is 1. The number of rotatable bonds is 3. The molecule has 0 aromatic heterocycles. The molecule has 6 heteroatoms. The predicted octanol–water partition coefficient (Wildman–Crippen LogP) is -0.398. The molecule has 3 aliphatic rings. The number of ether oxygens (including phenoxy) is 1. The van der Waals surface area contributed by atoms with Crippen molar-refractivity contribution in [1.82, 2.24) is 4.90 Å². The summed E-state index contributed by atoms with van der Waals surface area (Å²) in [5, 5.41) is 18.9. The normalized spacial score (nSPS) is 34.2. The molecule has 2 atom stereocenters. The number of hydrogen-bond acceptors (Lipinski definition) is 4. The third-order valence-electron chi connectivity index (χ3n) is 4.15. The summed E-state index contributed by atoms with van der Waals surface area (Å²) in [7, 11) is 0. The van der Waals surface area contributed by atoms with Crippen molar-refractivity contribution in [3.05, 3.63) is 0 Å². The maximum absolute atomic E-state index is 12.0. The van der Waals surface area contributed by atoms with Crippen LogP contribution in [0, 0.1) is 5.92 Å². The molecule has 0 unspecified atom stereocenters. The summed E-state index contributed by atoms with van der Waals surface area (Å²) in [5.74, 6) is -0.842. The molecule has 0 radical (unpaired) electrons. The lowest BCUT2D eigenvalue weighted by Crippen LogP contribution is -2.66. The quantitative estimate of drug-likeness (QED) is 0.716. The Balaban J connectivity index is 1.53. The maximum Gasteiger partial charge on any atom is 0.332 e. The van der Waals surface area contributed by atoms with E-state index >= 15 is 0 Å². The van der Waals surface area contributed by atoms with Crippen LogP contribution < -0.4 is 0 Å². The first-order valence-corrected chi connectivity index (χ1v) is 6.39. The molecule has 0 aromatic carbocycles. The number of aliphatic hydroxyl groups is 1. The van der Waals surface area contributed by atoms with Crippen molar-refractivity contribution in [2.45, 2.75) is 43.5 Å². The second-order valence-electron chi connectivity index (χ2n) is 5.60. The average molecular weight is 255 g/mol. The maximum atomic E-state index is 12.0. The van der Waals surface area contributed by atoms with Gasteiger partial charge in [0.05, 0.1) is 13.1 Å². The Morgan fingerprint density at radius 3 is 2.22 bits per heavy atom. The van der Waals surface area contributed by atoms with Gasteiger partial charge in [-0.25, -0.2) is 4.79 Å². The van der Waals surface area contributed by atoms with Crippen molar-refractivity contribution in [3.8, 4) is 0 Å². The van der Waals surface area contributed by atoms with Crippen molar-refractivity contribution in [2.75, 3.05) is 13.1 Å². The van der Waals surface area contributed by atoms with Gasteiger partial charge < -0.3 is 19.8 Å². The van der Waals surface area contributed by atoms with Gasteiger partial charge in [-0.3, -0.25) is 4.79 Å². The van der Waals surface area contributed by atoms with Gasteiger partial charge in [-0.2, -0.15) is 0 Å². The minimum atomic E-state index is -1.01. The summed E-state index contributed by atoms with van der Waals surface area (Å²) in [4.78, 5) is 24.3. The van der Waals surface area contributed by atoms with Gasteiger partial charge >= 0.3 is 5.97 Å². The molecule has 0 aromatic rings. The number of carbonyl (C=O) groups excluding carboxylic acids is 1. The van der Waals surface area contributed by atoms with Gasteiger partial charge in [0.25, 0.3) is 5.91 Å². The summed E-state index contributed by atoms with van der Waals surface area (Å²) in [6.45, 7) is 0.738. The molecule has 1 saturated carbocycles. The average Bonchev–Trinajstić information content (AvgIpc) is 3.01. The lowest BCUT2D eigenvalue weighted by atomic mass is 9.88. The Morgan fingerprint density at radius 1 is 1.11 bits per heavy atom. The number of amides is 1. The number of nitrogens with zero attached hydrogens (tertiary/aromatic N) is 1. The molecular weight excluding hydrogens is 238 g/mol.